The highest BCUT2D eigenvalue weighted by Crippen LogP contribution is 1.77. The molecule has 0 spiro atoms. The van der Waals surface area contributed by atoms with Crippen LogP contribution >= 0.6 is 12.2 Å². The van der Waals surface area contributed by atoms with Crippen molar-refractivity contribution in [3.63, 3.8) is 0 Å². The normalized spacial score (nSPS) is 9.47. The van der Waals surface area contributed by atoms with Crippen LogP contribution in [-0.4, -0.2) is 44.4 Å². The summed E-state index contributed by atoms with van der Waals surface area (Å²) in [4.78, 5) is 11.1. The zero-order chi connectivity index (χ0) is 11.5. The molecule has 0 rings (SSSR count). The number of ether oxygens (including phenoxy) is 1. The van der Waals surface area contributed by atoms with Gasteiger partial charge >= 0.3 is 0 Å². The molecule has 3 N–H and O–H groups in total. The monoisotopic (exact) mass is 233 g/mol. The summed E-state index contributed by atoms with van der Waals surface area (Å²) in [6, 6.07) is 0. The second-order valence-corrected chi connectivity index (χ2v) is 3.29. The van der Waals surface area contributed by atoms with Crippen molar-refractivity contribution in [3.05, 3.63) is 0 Å². The van der Waals surface area contributed by atoms with Crippen molar-refractivity contribution < 1.29 is 9.53 Å². The number of rotatable bonds is 7. The molecule has 0 aliphatic carbocycles. The summed E-state index contributed by atoms with van der Waals surface area (Å²) in [5, 5.41) is 9.15. The Morgan fingerprint density at radius 3 is 2.53 bits per heavy atom. The third-order valence-corrected chi connectivity index (χ3v) is 1.89. The van der Waals surface area contributed by atoms with E-state index >= 15 is 0 Å². The van der Waals surface area contributed by atoms with E-state index in [1.165, 1.54) is 0 Å². The molecule has 1 amide bonds. The number of nitrogens with one attached hydrogen (secondary N) is 3. The van der Waals surface area contributed by atoms with Crippen LogP contribution in [0.1, 0.15) is 13.3 Å². The first kappa shape index (κ1) is 14.1. The lowest BCUT2D eigenvalue weighted by atomic mass is 10.4. The molecule has 0 aromatic heterocycles. The van der Waals surface area contributed by atoms with E-state index in [-0.39, 0.29) is 5.91 Å². The Morgan fingerprint density at radius 1 is 1.27 bits per heavy atom. The van der Waals surface area contributed by atoms with Crippen LogP contribution in [0.2, 0.25) is 0 Å². The van der Waals surface area contributed by atoms with Gasteiger partial charge in [0, 0.05) is 33.2 Å². The number of carbonyl (C=O) groups is 1. The zero-order valence-electron chi connectivity index (χ0n) is 9.26. The number of methoxy groups -OCH3 is 1. The largest absolute Gasteiger partial charge is 0.383 e. The molecule has 0 saturated carbocycles. The van der Waals surface area contributed by atoms with Crippen molar-refractivity contribution in [2.75, 3.05) is 33.4 Å². The number of hydrogen-bond acceptors (Lipinski definition) is 3. The first-order valence-corrected chi connectivity index (χ1v) is 5.38. The minimum Gasteiger partial charge on any atom is -0.383 e. The molecule has 0 atom stereocenters. The summed E-state index contributed by atoms with van der Waals surface area (Å²) in [5.41, 5.74) is 0. The van der Waals surface area contributed by atoms with E-state index in [1.54, 1.807) is 7.11 Å². The molecule has 0 radical (unpaired) electrons. The highest BCUT2D eigenvalue weighted by atomic mass is 32.1. The highest BCUT2D eigenvalue weighted by Gasteiger charge is 1.99. The van der Waals surface area contributed by atoms with Crippen LogP contribution in [0.25, 0.3) is 0 Å². The molecule has 88 valence electrons. The Labute approximate surface area is 95.9 Å². The topological polar surface area (TPSA) is 62.4 Å². The molecule has 6 heteroatoms. The standard InChI is InChI=1S/C9H19N3O2S/c1-3-10-8(13)4-5-11-9(15)12-6-7-14-2/h3-7H2,1-2H3,(H,10,13)(H2,11,12,15). The lowest BCUT2D eigenvalue weighted by Crippen LogP contribution is -2.38. The second-order valence-electron chi connectivity index (χ2n) is 2.88. The number of hydrogen-bond donors (Lipinski definition) is 3. The maximum Gasteiger partial charge on any atom is 0.221 e. The van der Waals surface area contributed by atoms with Gasteiger partial charge in [0.1, 0.15) is 0 Å². The lowest BCUT2D eigenvalue weighted by molar-refractivity contribution is -0.120. The maximum absolute atomic E-state index is 11.1. The van der Waals surface area contributed by atoms with E-state index in [9.17, 15) is 4.79 Å². The average Bonchev–Trinajstić information content (AvgIpc) is 2.18. The van der Waals surface area contributed by atoms with Gasteiger partial charge in [0.25, 0.3) is 0 Å². The van der Waals surface area contributed by atoms with Crippen LogP contribution in [0.15, 0.2) is 0 Å². The molecule has 0 aromatic carbocycles. The van der Waals surface area contributed by atoms with Crippen molar-refractivity contribution in [2.45, 2.75) is 13.3 Å². The zero-order valence-corrected chi connectivity index (χ0v) is 10.1. The maximum atomic E-state index is 11.1. The summed E-state index contributed by atoms with van der Waals surface area (Å²) < 4.78 is 4.85. The molecule has 15 heavy (non-hydrogen) atoms. The Hall–Kier alpha value is -0.880. The molecular weight excluding hydrogens is 214 g/mol. The fourth-order valence-corrected chi connectivity index (χ4v) is 1.11. The fourth-order valence-electron chi connectivity index (χ4n) is 0.904. The first-order valence-electron chi connectivity index (χ1n) is 4.98. The van der Waals surface area contributed by atoms with E-state index in [0.717, 1.165) is 0 Å². The molecular formula is C9H19N3O2S. The van der Waals surface area contributed by atoms with Gasteiger partial charge in [0.15, 0.2) is 5.11 Å². The van der Waals surface area contributed by atoms with E-state index in [0.29, 0.717) is 37.8 Å². The van der Waals surface area contributed by atoms with Crippen LogP contribution in [0.3, 0.4) is 0 Å². The van der Waals surface area contributed by atoms with E-state index in [1.807, 2.05) is 6.92 Å². The van der Waals surface area contributed by atoms with Crippen molar-refractivity contribution in [1.82, 2.24) is 16.0 Å². The summed E-state index contributed by atoms with van der Waals surface area (Å²) in [6.07, 6.45) is 0.430. The summed E-state index contributed by atoms with van der Waals surface area (Å²) in [5.74, 6) is 0.0321. The molecule has 0 aliphatic heterocycles. The van der Waals surface area contributed by atoms with Gasteiger partial charge in [0.2, 0.25) is 5.91 Å². The Balaban J connectivity index is 3.34. The van der Waals surface area contributed by atoms with Crippen LogP contribution < -0.4 is 16.0 Å². The van der Waals surface area contributed by atoms with Gasteiger partial charge in [-0.1, -0.05) is 0 Å². The average molecular weight is 233 g/mol. The third kappa shape index (κ3) is 9.42. The Morgan fingerprint density at radius 2 is 1.93 bits per heavy atom. The molecule has 5 nitrogen and oxygen atoms in total. The van der Waals surface area contributed by atoms with Gasteiger partial charge in [-0.25, -0.2) is 0 Å². The minimum atomic E-state index is 0.0321. The molecule has 0 heterocycles. The quantitative estimate of drug-likeness (QED) is 0.413. The summed E-state index contributed by atoms with van der Waals surface area (Å²) in [7, 11) is 1.63. The van der Waals surface area contributed by atoms with Crippen molar-refractivity contribution in [3.8, 4) is 0 Å². The third-order valence-electron chi connectivity index (χ3n) is 1.60. The van der Waals surface area contributed by atoms with Gasteiger partial charge < -0.3 is 20.7 Å². The highest BCUT2D eigenvalue weighted by molar-refractivity contribution is 7.80. The van der Waals surface area contributed by atoms with Gasteiger partial charge in [-0.2, -0.15) is 0 Å². The van der Waals surface area contributed by atoms with Crippen molar-refractivity contribution >= 4 is 23.2 Å². The van der Waals surface area contributed by atoms with E-state index in [2.05, 4.69) is 16.0 Å². The van der Waals surface area contributed by atoms with Crippen LogP contribution in [0, 0.1) is 0 Å². The smallest absolute Gasteiger partial charge is 0.221 e. The number of carbonyl (C=O) groups excluding carboxylic acids is 1. The van der Waals surface area contributed by atoms with Gasteiger partial charge in [0.05, 0.1) is 6.61 Å². The Bertz CT molecular complexity index is 200. The SMILES string of the molecule is CCNC(=O)CCNC(=S)NCCOC. The lowest BCUT2D eigenvalue weighted by Gasteiger charge is -2.09. The van der Waals surface area contributed by atoms with Gasteiger partial charge in [-0.05, 0) is 19.1 Å². The van der Waals surface area contributed by atoms with Gasteiger partial charge in [-0.15, -0.1) is 0 Å². The van der Waals surface area contributed by atoms with Crippen LogP contribution in [0.4, 0.5) is 0 Å². The molecule has 0 aliphatic rings. The number of amides is 1. The first-order chi connectivity index (χ1) is 7.20. The van der Waals surface area contributed by atoms with E-state index < -0.39 is 0 Å². The Kier molecular flexibility index (Phi) is 9.10. The predicted molar refractivity (Wildman–Crippen MR) is 63.8 cm³/mol. The molecule has 0 saturated heterocycles. The molecule has 0 unspecified atom stereocenters. The van der Waals surface area contributed by atoms with Crippen LogP contribution in [0.5, 0.6) is 0 Å². The predicted octanol–water partition coefficient (Wildman–Crippen LogP) is -0.377. The second kappa shape index (κ2) is 9.67. The molecule has 0 aromatic rings. The molecule has 0 bridgehead atoms. The van der Waals surface area contributed by atoms with Crippen LogP contribution in [-0.2, 0) is 9.53 Å². The number of thiocarbonyl (C=S) groups is 1. The minimum absolute atomic E-state index is 0.0321. The van der Waals surface area contributed by atoms with Crippen molar-refractivity contribution in [2.24, 2.45) is 0 Å². The summed E-state index contributed by atoms with van der Waals surface area (Å²) >= 11 is 4.97. The molecule has 0 fully saturated rings. The van der Waals surface area contributed by atoms with Crippen molar-refractivity contribution in [1.29, 1.82) is 0 Å². The summed E-state index contributed by atoms with van der Waals surface area (Å²) in [6.45, 7) is 4.38. The fraction of sp³-hybridized carbons (Fsp3) is 0.778. The van der Waals surface area contributed by atoms with Gasteiger partial charge in [-0.3, -0.25) is 4.79 Å². The van der Waals surface area contributed by atoms with E-state index in [4.69, 9.17) is 17.0 Å².